The normalized spacial score (nSPS) is 18.7. The van der Waals surface area contributed by atoms with Crippen LogP contribution in [-0.4, -0.2) is 15.8 Å². The van der Waals surface area contributed by atoms with Crippen molar-refractivity contribution >= 4 is 6.29 Å². The summed E-state index contributed by atoms with van der Waals surface area (Å²) in [5.74, 6) is 0. The number of aromatic nitrogens is 2. The molecule has 1 aromatic heterocycles. The SMILES string of the molecule is O=Cc1ncn2c1COC(c1ccccc1)C2. The molecule has 2 aromatic rings. The maximum Gasteiger partial charge on any atom is 0.170 e. The van der Waals surface area contributed by atoms with E-state index in [0.717, 1.165) is 17.5 Å². The van der Waals surface area contributed by atoms with Gasteiger partial charge in [0.1, 0.15) is 11.8 Å². The fourth-order valence-corrected chi connectivity index (χ4v) is 2.12. The minimum Gasteiger partial charge on any atom is -0.365 e. The summed E-state index contributed by atoms with van der Waals surface area (Å²) >= 11 is 0. The molecule has 4 nitrogen and oxygen atoms in total. The predicted octanol–water partition coefficient (Wildman–Crippen LogP) is 1.97. The zero-order valence-electron chi connectivity index (χ0n) is 9.24. The number of carbonyl (C=O) groups excluding carboxylic acids is 1. The molecule has 0 N–H and O–H groups in total. The van der Waals surface area contributed by atoms with Crippen LogP contribution in [0.1, 0.15) is 27.8 Å². The van der Waals surface area contributed by atoms with E-state index >= 15 is 0 Å². The van der Waals surface area contributed by atoms with Crippen LogP contribution in [0.3, 0.4) is 0 Å². The molecule has 0 aliphatic carbocycles. The van der Waals surface area contributed by atoms with Crippen LogP contribution in [0.15, 0.2) is 36.7 Å². The van der Waals surface area contributed by atoms with Gasteiger partial charge >= 0.3 is 0 Å². The highest BCUT2D eigenvalue weighted by molar-refractivity contribution is 5.73. The van der Waals surface area contributed by atoms with E-state index in [9.17, 15) is 4.79 Å². The Kier molecular flexibility index (Phi) is 2.49. The second-order valence-electron chi connectivity index (χ2n) is 4.06. The molecule has 0 fully saturated rings. The summed E-state index contributed by atoms with van der Waals surface area (Å²) in [5, 5.41) is 0. The Morgan fingerprint density at radius 3 is 2.94 bits per heavy atom. The summed E-state index contributed by atoms with van der Waals surface area (Å²) in [6, 6.07) is 10.1. The topological polar surface area (TPSA) is 44.1 Å². The molecule has 0 spiro atoms. The molecule has 2 heterocycles. The van der Waals surface area contributed by atoms with Crippen LogP contribution in [0.2, 0.25) is 0 Å². The van der Waals surface area contributed by atoms with Gasteiger partial charge in [0.2, 0.25) is 0 Å². The molecule has 0 radical (unpaired) electrons. The third kappa shape index (κ3) is 1.76. The number of nitrogens with zero attached hydrogens (tertiary/aromatic N) is 2. The number of benzene rings is 1. The average molecular weight is 228 g/mol. The second kappa shape index (κ2) is 4.14. The Bertz CT molecular complexity index is 534. The van der Waals surface area contributed by atoms with Gasteiger partial charge in [-0.25, -0.2) is 4.98 Å². The Hall–Kier alpha value is -1.94. The maximum atomic E-state index is 10.8. The van der Waals surface area contributed by atoms with Crippen molar-refractivity contribution in [3.05, 3.63) is 53.6 Å². The number of hydrogen-bond donors (Lipinski definition) is 0. The smallest absolute Gasteiger partial charge is 0.170 e. The van der Waals surface area contributed by atoms with E-state index in [-0.39, 0.29) is 6.10 Å². The van der Waals surface area contributed by atoms with E-state index in [2.05, 4.69) is 4.98 Å². The van der Waals surface area contributed by atoms with Crippen LogP contribution < -0.4 is 0 Å². The van der Waals surface area contributed by atoms with E-state index in [1.807, 2.05) is 34.9 Å². The number of ether oxygens (including phenoxy) is 1. The van der Waals surface area contributed by atoms with Gasteiger partial charge in [-0.1, -0.05) is 30.3 Å². The molecule has 0 saturated carbocycles. The fourth-order valence-electron chi connectivity index (χ4n) is 2.12. The first-order valence-corrected chi connectivity index (χ1v) is 5.54. The molecule has 0 amide bonds. The highest BCUT2D eigenvalue weighted by Crippen LogP contribution is 2.26. The molecule has 1 unspecified atom stereocenters. The molecule has 17 heavy (non-hydrogen) atoms. The summed E-state index contributed by atoms with van der Waals surface area (Å²) in [4.78, 5) is 14.8. The number of rotatable bonds is 2. The van der Waals surface area contributed by atoms with Gasteiger partial charge < -0.3 is 9.30 Å². The quantitative estimate of drug-likeness (QED) is 0.738. The molecule has 1 aliphatic rings. The lowest BCUT2D eigenvalue weighted by Gasteiger charge is -2.25. The van der Waals surface area contributed by atoms with Gasteiger partial charge in [0.25, 0.3) is 0 Å². The van der Waals surface area contributed by atoms with Crippen LogP contribution in [0.5, 0.6) is 0 Å². The van der Waals surface area contributed by atoms with Gasteiger partial charge in [-0.2, -0.15) is 0 Å². The van der Waals surface area contributed by atoms with Gasteiger partial charge in [0.15, 0.2) is 6.29 Å². The molecule has 4 heteroatoms. The first-order chi connectivity index (χ1) is 8.38. The van der Waals surface area contributed by atoms with Crippen molar-refractivity contribution < 1.29 is 9.53 Å². The lowest BCUT2D eigenvalue weighted by atomic mass is 10.1. The number of aldehydes is 1. The molecule has 86 valence electrons. The molecule has 1 aliphatic heterocycles. The number of carbonyl (C=O) groups is 1. The highest BCUT2D eigenvalue weighted by atomic mass is 16.5. The van der Waals surface area contributed by atoms with Gasteiger partial charge in [0.05, 0.1) is 25.2 Å². The lowest BCUT2D eigenvalue weighted by molar-refractivity contribution is 0.00275. The van der Waals surface area contributed by atoms with Crippen LogP contribution in [-0.2, 0) is 17.9 Å². The number of fused-ring (bicyclic) bond motifs is 1. The molecule has 3 rings (SSSR count). The van der Waals surface area contributed by atoms with Gasteiger partial charge in [-0.15, -0.1) is 0 Å². The van der Waals surface area contributed by atoms with Crippen LogP contribution in [0.25, 0.3) is 0 Å². The van der Waals surface area contributed by atoms with Gasteiger partial charge in [0, 0.05) is 0 Å². The lowest BCUT2D eigenvalue weighted by Crippen LogP contribution is -2.20. The Labute approximate surface area is 98.9 Å². The summed E-state index contributed by atoms with van der Waals surface area (Å²) in [5.41, 5.74) is 2.50. The van der Waals surface area contributed by atoms with Crippen molar-refractivity contribution in [2.45, 2.75) is 19.3 Å². The van der Waals surface area contributed by atoms with Gasteiger partial charge in [-0.05, 0) is 5.56 Å². The van der Waals surface area contributed by atoms with Crippen molar-refractivity contribution in [2.75, 3.05) is 0 Å². The Balaban J connectivity index is 1.89. The van der Waals surface area contributed by atoms with E-state index < -0.39 is 0 Å². The fraction of sp³-hybridized carbons (Fsp3) is 0.231. The number of imidazole rings is 1. The summed E-state index contributed by atoms with van der Waals surface area (Å²) in [6.07, 6.45) is 2.52. The average Bonchev–Trinajstić information content (AvgIpc) is 2.81. The van der Waals surface area contributed by atoms with Crippen molar-refractivity contribution in [1.82, 2.24) is 9.55 Å². The molecule has 0 bridgehead atoms. The largest absolute Gasteiger partial charge is 0.365 e. The van der Waals surface area contributed by atoms with Gasteiger partial charge in [-0.3, -0.25) is 4.79 Å². The van der Waals surface area contributed by atoms with E-state index in [4.69, 9.17) is 4.74 Å². The Morgan fingerprint density at radius 1 is 1.35 bits per heavy atom. The molecule has 1 aromatic carbocycles. The van der Waals surface area contributed by atoms with Crippen molar-refractivity contribution in [1.29, 1.82) is 0 Å². The zero-order chi connectivity index (χ0) is 11.7. The van der Waals surface area contributed by atoms with E-state index in [0.29, 0.717) is 18.8 Å². The van der Waals surface area contributed by atoms with Crippen LogP contribution >= 0.6 is 0 Å². The van der Waals surface area contributed by atoms with Crippen molar-refractivity contribution in [2.24, 2.45) is 0 Å². The zero-order valence-corrected chi connectivity index (χ0v) is 9.24. The summed E-state index contributed by atoms with van der Waals surface area (Å²) in [6.45, 7) is 1.15. The Morgan fingerprint density at radius 2 is 2.18 bits per heavy atom. The minimum absolute atomic E-state index is 0.0393. The molecular formula is C13H12N2O2. The third-order valence-corrected chi connectivity index (χ3v) is 3.05. The third-order valence-electron chi connectivity index (χ3n) is 3.05. The predicted molar refractivity (Wildman–Crippen MR) is 61.6 cm³/mol. The standard InChI is InChI=1S/C13H12N2O2/c16-7-11-12-8-17-13(6-15(12)9-14-11)10-4-2-1-3-5-10/h1-5,7,9,13H,6,8H2. The van der Waals surface area contributed by atoms with Crippen LogP contribution in [0, 0.1) is 0 Å². The summed E-state index contributed by atoms with van der Waals surface area (Å²) < 4.78 is 7.76. The highest BCUT2D eigenvalue weighted by Gasteiger charge is 2.22. The van der Waals surface area contributed by atoms with Crippen LogP contribution in [0.4, 0.5) is 0 Å². The molecule has 0 saturated heterocycles. The molecule has 1 atom stereocenters. The monoisotopic (exact) mass is 228 g/mol. The summed E-state index contributed by atoms with van der Waals surface area (Å²) in [7, 11) is 0. The van der Waals surface area contributed by atoms with Crippen molar-refractivity contribution in [3.8, 4) is 0 Å². The van der Waals surface area contributed by atoms with E-state index in [1.54, 1.807) is 6.33 Å². The maximum absolute atomic E-state index is 10.8. The minimum atomic E-state index is 0.0393. The first-order valence-electron chi connectivity index (χ1n) is 5.54. The van der Waals surface area contributed by atoms with E-state index in [1.165, 1.54) is 0 Å². The molecular weight excluding hydrogens is 216 g/mol. The second-order valence-corrected chi connectivity index (χ2v) is 4.06. The van der Waals surface area contributed by atoms with Crippen molar-refractivity contribution in [3.63, 3.8) is 0 Å². The first kappa shape index (κ1) is 10.2. The number of hydrogen-bond acceptors (Lipinski definition) is 3.